The van der Waals surface area contributed by atoms with Crippen LogP contribution in [0, 0.1) is 0 Å². The van der Waals surface area contributed by atoms with Gasteiger partial charge in [0.15, 0.2) is 5.75 Å². The molecule has 0 unspecified atom stereocenters. The molecule has 7 heteroatoms. The first-order chi connectivity index (χ1) is 7.07. The van der Waals surface area contributed by atoms with Gasteiger partial charge in [-0.05, 0) is 0 Å². The van der Waals surface area contributed by atoms with Crippen molar-refractivity contribution < 1.29 is 14.6 Å². The second-order valence-corrected chi connectivity index (χ2v) is 2.73. The fourth-order valence-electron chi connectivity index (χ4n) is 1.08. The SMILES string of the molecule is COc1c(NCCNC(=O)O)c(=O)c1=O. The number of rotatable bonds is 5. The lowest BCUT2D eigenvalue weighted by atomic mass is 10.2. The smallest absolute Gasteiger partial charge is 0.404 e. The Kier molecular flexibility index (Phi) is 3.27. The van der Waals surface area contributed by atoms with Gasteiger partial charge in [-0.15, -0.1) is 0 Å². The first-order valence-corrected chi connectivity index (χ1v) is 4.16. The fourth-order valence-corrected chi connectivity index (χ4v) is 1.08. The molecule has 1 aromatic carbocycles. The summed E-state index contributed by atoms with van der Waals surface area (Å²) in [5, 5.41) is 13.0. The van der Waals surface area contributed by atoms with E-state index in [0.29, 0.717) is 0 Å². The van der Waals surface area contributed by atoms with Gasteiger partial charge >= 0.3 is 6.09 Å². The van der Waals surface area contributed by atoms with E-state index in [1.54, 1.807) is 0 Å². The molecule has 0 saturated heterocycles. The first kappa shape index (κ1) is 11.0. The Labute approximate surface area is 84.4 Å². The van der Waals surface area contributed by atoms with Crippen LogP contribution in [-0.4, -0.2) is 31.4 Å². The van der Waals surface area contributed by atoms with Crippen molar-refractivity contribution >= 4 is 11.8 Å². The molecule has 0 aliphatic carbocycles. The van der Waals surface area contributed by atoms with Crippen LogP contribution in [0.2, 0.25) is 0 Å². The lowest BCUT2D eigenvalue weighted by Gasteiger charge is -2.11. The van der Waals surface area contributed by atoms with Crippen molar-refractivity contribution in [1.82, 2.24) is 5.32 Å². The van der Waals surface area contributed by atoms with Crippen molar-refractivity contribution in [2.24, 2.45) is 0 Å². The maximum atomic E-state index is 11.0. The summed E-state index contributed by atoms with van der Waals surface area (Å²) in [7, 11) is 1.29. The average molecular weight is 214 g/mol. The molecule has 82 valence electrons. The highest BCUT2D eigenvalue weighted by Gasteiger charge is 2.20. The largest absolute Gasteiger partial charge is 0.491 e. The third kappa shape index (κ3) is 2.25. The molecule has 0 radical (unpaired) electrons. The summed E-state index contributed by atoms with van der Waals surface area (Å²) in [4.78, 5) is 31.9. The Morgan fingerprint density at radius 2 is 2.00 bits per heavy atom. The number of methoxy groups -OCH3 is 1. The molecule has 0 aromatic heterocycles. The van der Waals surface area contributed by atoms with Crippen LogP contribution in [0.25, 0.3) is 0 Å². The molecule has 0 fully saturated rings. The van der Waals surface area contributed by atoms with Crippen LogP contribution in [0.15, 0.2) is 9.59 Å². The molecule has 0 aliphatic heterocycles. The fraction of sp³-hybridized carbons (Fsp3) is 0.375. The van der Waals surface area contributed by atoms with Gasteiger partial charge in [0.2, 0.25) is 0 Å². The summed E-state index contributed by atoms with van der Waals surface area (Å²) in [5.41, 5.74) is -1.19. The Morgan fingerprint density at radius 1 is 1.33 bits per heavy atom. The number of carbonyl (C=O) groups is 1. The van der Waals surface area contributed by atoms with E-state index in [1.165, 1.54) is 7.11 Å². The van der Waals surface area contributed by atoms with E-state index in [2.05, 4.69) is 15.4 Å². The van der Waals surface area contributed by atoms with E-state index in [1.807, 2.05) is 0 Å². The van der Waals surface area contributed by atoms with Gasteiger partial charge in [0, 0.05) is 13.1 Å². The van der Waals surface area contributed by atoms with Crippen LogP contribution in [0.3, 0.4) is 0 Å². The topological polar surface area (TPSA) is 105 Å². The van der Waals surface area contributed by atoms with E-state index in [0.717, 1.165) is 0 Å². The van der Waals surface area contributed by atoms with Gasteiger partial charge in [0.1, 0.15) is 5.69 Å². The van der Waals surface area contributed by atoms with Crippen LogP contribution in [0.1, 0.15) is 0 Å². The van der Waals surface area contributed by atoms with Gasteiger partial charge in [-0.2, -0.15) is 0 Å². The number of anilines is 1. The minimum Gasteiger partial charge on any atom is -0.491 e. The van der Waals surface area contributed by atoms with Gasteiger partial charge in [0.05, 0.1) is 7.11 Å². The highest BCUT2D eigenvalue weighted by molar-refractivity contribution is 5.64. The molecule has 0 spiro atoms. The predicted molar refractivity (Wildman–Crippen MR) is 52.4 cm³/mol. The first-order valence-electron chi connectivity index (χ1n) is 4.16. The van der Waals surface area contributed by atoms with Crippen molar-refractivity contribution in [3.8, 4) is 5.75 Å². The van der Waals surface area contributed by atoms with Crippen LogP contribution in [0.5, 0.6) is 5.75 Å². The van der Waals surface area contributed by atoms with Gasteiger partial charge in [-0.3, -0.25) is 9.59 Å². The summed E-state index contributed by atoms with van der Waals surface area (Å²) in [6.07, 6.45) is -1.14. The van der Waals surface area contributed by atoms with Gasteiger partial charge in [0.25, 0.3) is 10.9 Å². The number of amides is 1. The third-order valence-corrected chi connectivity index (χ3v) is 1.77. The molecule has 15 heavy (non-hydrogen) atoms. The van der Waals surface area contributed by atoms with Crippen LogP contribution >= 0.6 is 0 Å². The molecule has 1 rings (SSSR count). The van der Waals surface area contributed by atoms with Crippen LogP contribution in [-0.2, 0) is 0 Å². The van der Waals surface area contributed by atoms with E-state index in [4.69, 9.17) is 5.11 Å². The van der Waals surface area contributed by atoms with Crippen molar-refractivity contribution in [2.45, 2.75) is 0 Å². The summed E-state index contributed by atoms with van der Waals surface area (Å²) in [5.74, 6) is -0.00433. The van der Waals surface area contributed by atoms with E-state index >= 15 is 0 Å². The Balaban J connectivity index is 2.45. The summed E-state index contributed by atoms with van der Waals surface area (Å²) in [6, 6.07) is 0. The monoisotopic (exact) mass is 214 g/mol. The minimum absolute atomic E-state index is 0.00433. The van der Waals surface area contributed by atoms with Gasteiger partial charge in [-0.1, -0.05) is 0 Å². The summed E-state index contributed by atoms with van der Waals surface area (Å²) < 4.78 is 4.67. The zero-order valence-electron chi connectivity index (χ0n) is 7.99. The van der Waals surface area contributed by atoms with Crippen molar-refractivity contribution in [1.29, 1.82) is 0 Å². The molecule has 0 aliphatic rings. The van der Waals surface area contributed by atoms with Gasteiger partial charge < -0.3 is 20.5 Å². The number of carboxylic acid groups (broad SMARTS) is 1. The lowest BCUT2D eigenvalue weighted by molar-refractivity contribution is 0.195. The zero-order chi connectivity index (χ0) is 11.4. The minimum atomic E-state index is -1.14. The Morgan fingerprint density at radius 3 is 2.53 bits per heavy atom. The standard InChI is InChI=1S/C8H10N2O5/c1-15-7-4(5(11)6(7)12)9-2-3-10-8(13)14/h9-10H,2-3H2,1H3,(H,13,14). The molecule has 0 atom stereocenters. The van der Waals surface area contributed by atoms with Crippen LogP contribution < -0.4 is 26.2 Å². The predicted octanol–water partition coefficient (Wildman–Crippen LogP) is -1.03. The van der Waals surface area contributed by atoms with Crippen molar-refractivity contribution in [2.75, 3.05) is 25.5 Å². The van der Waals surface area contributed by atoms with Crippen LogP contribution in [0.4, 0.5) is 10.5 Å². The molecule has 1 aromatic rings. The van der Waals surface area contributed by atoms with E-state index < -0.39 is 17.0 Å². The van der Waals surface area contributed by atoms with Crippen molar-refractivity contribution in [3.05, 3.63) is 20.4 Å². The second kappa shape index (κ2) is 4.45. The zero-order valence-corrected chi connectivity index (χ0v) is 7.99. The highest BCUT2D eigenvalue weighted by atomic mass is 16.5. The molecule has 0 bridgehead atoms. The summed E-state index contributed by atoms with van der Waals surface area (Å²) >= 11 is 0. The second-order valence-electron chi connectivity index (χ2n) is 2.73. The molecule has 3 N–H and O–H groups in total. The third-order valence-electron chi connectivity index (χ3n) is 1.77. The maximum Gasteiger partial charge on any atom is 0.404 e. The quantitative estimate of drug-likeness (QED) is 0.427. The number of hydrogen-bond acceptors (Lipinski definition) is 5. The average Bonchev–Trinajstić information content (AvgIpc) is 2.21. The molecular weight excluding hydrogens is 204 g/mol. The number of hydrogen-bond donors (Lipinski definition) is 3. The molecular formula is C8H10N2O5. The normalized spacial score (nSPS) is 9.93. The molecule has 1 amide bonds. The van der Waals surface area contributed by atoms with Crippen molar-refractivity contribution in [3.63, 3.8) is 0 Å². The van der Waals surface area contributed by atoms with E-state index in [9.17, 15) is 14.4 Å². The van der Waals surface area contributed by atoms with E-state index in [-0.39, 0.29) is 24.5 Å². The Bertz CT molecular complexity index is 432. The molecule has 0 heterocycles. The number of ether oxygens (including phenoxy) is 1. The summed E-state index contributed by atoms with van der Waals surface area (Å²) in [6.45, 7) is 0.352. The molecule has 7 nitrogen and oxygen atoms in total. The highest BCUT2D eigenvalue weighted by Crippen LogP contribution is 2.15. The van der Waals surface area contributed by atoms with Gasteiger partial charge in [-0.25, -0.2) is 4.79 Å². The molecule has 0 saturated carbocycles. The lowest BCUT2D eigenvalue weighted by Crippen LogP contribution is -2.37. The Hall–Kier alpha value is -2.05. The maximum absolute atomic E-state index is 11.0. The number of nitrogens with one attached hydrogen (secondary N) is 2.